The summed E-state index contributed by atoms with van der Waals surface area (Å²) in [5, 5.41) is 0.239. The zero-order valence-corrected chi connectivity index (χ0v) is 14.5. The molecule has 126 valence electrons. The lowest BCUT2D eigenvalue weighted by Gasteiger charge is -2.32. The summed E-state index contributed by atoms with van der Waals surface area (Å²) in [6.07, 6.45) is 3.31. The largest absolute Gasteiger partial charge is 0.342 e. The molecule has 2 heterocycles. The number of amides is 1. The third-order valence-electron chi connectivity index (χ3n) is 4.68. The highest BCUT2D eigenvalue weighted by atomic mass is 35.5. The van der Waals surface area contributed by atoms with Crippen molar-refractivity contribution in [1.29, 1.82) is 0 Å². The van der Waals surface area contributed by atoms with Crippen molar-refractivity contribution in [3.63, 3.8) is 0 Å². The first kappa shape index (κ1) is 16.7. The summed E-state index contributed by atoms with van der Waals surface area (Å²) in [5.41, 5.74) is 0. The number of sulfonamides is 1. The smallest absolute Gasteiger partial charge is 0.244 e. The van der Waals surface area contributed by atoms with Crippen LogP contribution in [0.3, 0.4) is 0 Å². The first-order valence-electron chi connectivity index (χ1n) is 8.03. The number of piperidine rings is 1. The topological polar surface area (TPSA) is 57.7 Å². The van der Waals surface area contributed by atoms with E-state index in [1.807, 2.05) is 4.90 Å². The number of carbonyl (C=O) groups is 1. The maximum Gasteiger partial charge on any atom is 0.244 e. The monoisotopic (exact) mass is 356 g/mol. The Labute approximate surface area is 142 Å². The standard InChI is InChI=1S/C16H21ClN2O3S/c17-14-5-1-2-6-15(14)23(21,22)19-11-7-13(8-12-19)16(20)18-9-3-4-10-18/h1-2,5-6,13H,3-4,7-12H2. The minimum Gasteiger partial charge on any atom is -0.342 e. The fraction of sp³-hybridized carbons (Fsp3) is 0.562. The number of benzene rings is 1. The van der Waals surface area contributed by atoms with Crippen LogP contribution in [0.25, 0.3) is 0 Å². The van der Waals surface area contributed by atoms with Crippen LogP contribution in [0.4, 0.5) is 0 Å². The number of nitrogens with zero attached hydrogens (tertiary/aromatic N) is 2. The van der Waals surface area contributed by atoms with Crippen molar-refractivity contribution in [3.05, 3.63) is 29.3 Å². The molecule has 2 fully saturated rings. The Morgan fingerprint density at radius 3 is 2.26 bits per heavy atom. The summed E-state index contributed by atoms with van der Waals surface area (Å²) in [6.45, 7) is 2.43. The first-order chi connectivity index (χ1) is 11.0. The van der Waals surface area contributed by atoms with Crippen LogP contribution in [0.15, 0.2) is 29.2 Å². The maximum absolute atomic E-state index is 12.7. The Balaban J connectivity index is 1.66. The molecule has 1 aromatic carbocycles. The second-order valence-electron chi connectivity index (χ2n) is 6.14. The molecule has 5 nitrogen and oxygen atoms in total. The van der Waals surface area contributed by atoms with Crippen LogP contribution in [-0.2, 0) is 14.8 Å². The van der Waals surface area contributed by atoms with Gasteiger partial charge in [0.25, 0.3) is 0 Å². The number of carbonyl (C=O) groups excluding carboxylic acids is 1. The summed E-state index contributed by atoms with van der Waals surface area (Å²) in [4.78, 5) is 14.5. The van der Waals surface area contributed by atoms with E-state index in [-0.39, 0.29) is 21.7 Å². The molecule has 0 N–H and O–H groups in total. The Morgan fingerprint density at radius 2 is 1.65 bits per heavy atom. The SMILES string of the molecule is O=C(C1CCN(S(=O)(=O)c2ccccc2Cl)CC1)N1CCCC1. The van der Waals surface area contributed by atoms with Gasteiger partial charge in [-0.3, -0.25) is 4.79 Å². The average molecular weight is 357 g/mol. The zero-order chi connectivity index (χ0) is 16.4. The number of halogens is 1. The van der Waals surface area contributed by atoms with Crippen molar-refractivity contribution in [2.75, 3.05) is 26.2 Å². The van der Waals surface area contributed by atoms with Crippen molar-refractivity contribution in [3.8, 4) is 0 Å². The summed E-state index contributed by atoms with van der Waals surface area (Å²) >= 11 is 6.03. The van der Waals surface area contributed by atoms with Crippen LogP contribution in [0.2, 0.25) is 5.02 Å². The Morgan fingerprint density at radius 1 is 1.04 bits per heavy atom. The van der Waals surface area contributed by atoms with E-state index >= 15 is 0 Å². The third kappa shape index (κ3) is 3.39. The molecule has 0 aromatic heterocycles. The van der Waals surface area contributed by atoms with Crippen molar-refractivity contribution in [1.82, 2.24) is 9.21 Å². The van der Waals surface area contributed by atoms with Gasteiger partial charge in [0.2, 0.25) is 15.9 Å². The lowest BCUT2D eigenvalue weighted by Crippen LogP contribution is -2.43. The molecule has 1 amide bonds. The molecule has 0 saturated carbocycles. The van der Waals surface area contributed by atoms with Gasteiger partial charge in [-0.2, -0.15) is 4.31 Å². The summed E-state index contributed by atoms with van der Waals surface area (Å²) < 4.78 is 26.8. The molecule has 1 aromatic rings. The molecule has 7 heteroatoms. The molecule has 3 rings (SSSR count). The number of rotatable bonds is 3. The number of hydrogen-bond donors (Lipinski definition) is 0. The predicted octanol–water partition coefficient (Wildman–Crippen LogP) is 2.36. The molecule has 2 aliphatic heterocycles. The lowest BCUT2D eigenvalue weighted by atomic mass is 9.97. The van der Waals surface area contributed by atoms with Crippen molar-refractivity contribution < 1.29 is 13.2 Å². The van der Waals surface area contributed by atoms with E-state index in [0.717, 1.165) is 25.9 Å². The second kappa shape index (κ2) is 6.79. The van der Waals surface area contributed by atoms with Gasteiger partial charge in [0.05, 0.1) is 5.02 Å². The first-order valence-corrected chi connectivity index (χ1v) is 9.85. The molecule has 0 aliphatic carbocycles. The molecular weight excluding hydrogens is 336 g/mol. The average Bonchev–Trinajstić information content (AvgIpc) is 3.09. The van der Waals surface area contributed by atoms with Gasteiger partial charge in [-0.05, 0) is 37.8 Å². The van der Waals surface area contributed by atoms with Gasteiger partial charge in [0.15, 0.2) is 0 Å². The Hall–Kier alpha value is -1.11. The van der Waals surface area contributed by atoms with Gasteiger partial charge in [-0.25, -0.2) is 8.42 Å². The van der Waals surface area contributed by atoms with E-state index in [2.05, 4.69) is 0 Å². The normalized spacial score (nSPS) is 20.8. The van der Waals surface area contributed by atoms with Gasteiger partial charge in [-0.1, -0.05) is 23.7 Å². The number of hydrogen-bond acceptors (Lipinski definition) is 3. The summed E-state index contributed by atoms with van der Waals surface area (Å²) in [5.74, 6) is 0.142. The lowest BCUT2D eigenvalue weighted by molar-refractivity contribution is -0.135. The maximum atomic E-state index is 12.7. The molecule has 0 radical (unpaired) electrons. The Bertz CT molecular complexity index is 678. The van der Waals surface area contributed by atoms with Crippen LogP contribution >= 0.6 is 11.6 Å². The van der Waals surface area contributed by atoms with Crippen LogP contribution in [-0.4, -0.2) is 49.7 Å². The highest BCUT2D eigenvalue weighted by Gasteiger charge is 2.34. The van der Waals surface area contributed by atoms with E-state index in [0.29, 0.717) is 25.9 Å². The minimum atomic E-state index is -3.58. The fourth-order valence-corrected chi connectivity index (χ4v) is 5.29. The fourth-order valence-electron chi connectivity index (χ4n) is 3.33. The predicted molar refractivity (Wildman–Crippen MR) is 88.7 cm³/mol. The second-order valence-corrected chi connectivity index (χ2v) is 8.45. The van der Waals surface area contributed by atoms with E-state index in [1.165, 1.54) is 10.4 Å². The molecule has 2 aliphatic rings. The van der Waals surface area contributed by atoms with E-state index < -0.39 is 10.0 Å². The third-order valence-corrected chi connectivity index (χ3v) is 7.07. The van der Waals surface area contributed by atoms with Crippen molar-refractivity contribution in [2.24, 2.45) is 5.92 Å². The van der Waals surface area contributed by atoms with Crippen LogP contribution in [0, 0.1) is 5.92 Å². The Kier molecular flexibility index (Phi) is 4.94. The van der Waals surface area contributed by atoms with Gasteiger partial charge < -0.3 is 4.90 Å². The van der Waals surface area contributed by atoms with Gasteiger partial charge >= 0.3 is 0 Å². The zero-order valence-electron chi connectivity index (χ0n) is 12.9. The van der Waals surface area contributed by atoms with Crippen molar-refractivity contribution in [2.45, 2.75) is 30.6 Å². The highest BCUT2D eigenvalue weighted by molar-refractivity contribution is 7.89. The van der Waals surface area contributed by atoms with Crippen LogP contribution in [0.1, 0.15) is 25.7 Å². The molecule has 0 spiro atoms. The number of likely N-dealkylation sites (tertiary alicyclic amines) is 1. The molecule has 0 unspecified atom stereocenters. The quantitative estimate of drug-likeness (QED) is 0.835. The van der Waals surface area contributed by atoms with Crippen LogP contribution < -0.4 is 0 Å². The van der Waals surface area contributed by atoms with Gasteiger partial charge in [-0.15, -0.1) is 0 Å². The summed E-state index contributed by atoms with van der Waals surface area (Å²) in [7, 11) is -3.58. The minimum absolute atomic E-state index is 0.0502. The van der Waals surface area contributed by atoms with E-state index in [9.17, 15) is 13.2 Å². The highest BCUT2D eigenvalue weighted by Crippen LogP contribution is 2.29. The van der Waals surface area contributed by atoms with Gasteiger partial charge in [0, 0.05) is 32.1 Å². The van der Waals surface area contributed by atoms with E-state index in [1.54, 1.807) is 18.2 Å². The molecule has 0 bridgehead atoms. The van der Waals surface area contributed by atoms with E-state index in [4.69, 9.17) is 11.6 Å². The van der Waals surface area contributed by atoms with Gasteiger partial charge in [0.1, 0.15) is 4.90 Å². The van der Waals surface area contributed by atoms with Crippen LogP contribution in [0.5, 0.6) is 0 Å². The molecular formula is C16H21ClN2O3S. The molecule has 0 atom stereocenters. The molecule has 23 heavy (non-hydrogen) atoms. The van der Waals surface area contributed by atoms with Crippen molar-refractivity contribution >= 4 is 27.5 Å². The summed E-state index contributed by atoms with van der Waals surface area (Å²) in [6, 6.07) is 6.49. The molecule has 2 saturated heterocycles.